The summed E-state index contributed by atoms with van der Waals surface area (Å²) >= 11 is 0. The minimum atomic E-state index is -0.0734. The molecule has 1 amide bonds. The summed E-state index contributed by atoms with van der Waals surface area (Å²) in [6.07, 6.45) is 2.64. The fourth-order valence-electron chi connectivity index (χ4n) is 3.43. The Hall–Kier alpha value is -3.48. The molecule has 3 aromatic heterocycles. The Bertz CT molecular complexity index is 1180. The molecule has 0 atom stereocenters. The van der Waals surface area contributed by atoms with Gasteiger partial charge >= 0.3 is 0 Å². The van der Waals surface area contributed by atoms with Gasteiger partial charge in [0.2, 0.25) is 5.91 Å². The highest BCUT2D eigenvalue weighted by atomic mass is 16.5. The monoisotopic (exact) mass is 375 g/mol. The van der Waals surface area contributed by atoms with Gasteiger partial charge in [-0.1, -0.05) is 12.1 Å². The highest BCUT2D eigenvalue weighted by Crippen LogP contribution is 2.24. The number of ether oxygens (including phenoxy) is 1. The first kappa shape index (κ1) is 17.9. The first-order chi connectivity index (χ1) is 13.6. The van der Waals surface area contributed by atoms with Gasteiger partial charge in [-0.05, 0) is 50.1 Å². The molecule has 1 N–H and O–H groups in total. The van der Waals surface area contributed by atoms with Gasteiger partial charge < -0.3 is 10.1 Å². The largest absolute Gasteiger partial charge is 0.495 e. The zero-order valence-corrected chi connectivity index (χ0v) is 16.1. The van der Waals surface area contributed by atoms with Crippen molar-refractivity contribution in [3.05, 3.63) is 59.5 Å². The number of hydrogen-bond donors (Lipinski definition) is 1. The van der Waals surface area contributed by atoms with Crippen LogP contribution in [0.15, 0.2) is 42.6 Å². The van der Waals surface area contributed by atoms with Crippen molar-refractivity contribution in [3.8, 4) is 5.75 Å². The first-order valence-corrected chi connectivity index (χ1v) is 9.11. The van der Waals surface area contributed by atoms with Gasteiger partial charge in [0.15, 0.2) is 11.3 Å². The normalized spacial score (nSPS) is 11.1. The topological polar surface area (TPSA) is 81.4 Å². The number of aryl methyl sites for hydroxylation is 2. The number of benzene rings is 1. The van der Waals surface area contributed by atoms with Crippen molar-refractivity contribution in [2.45, 2.75) is 26.7 Å². The Kier molecular flexibility index (Phi) is 4.65. The third-order valence-corrected chi connectivity index (χ3v) is 4.87. The number of fused-ring (bicyclic) bond motifs is 3. The predicted octanol–water partition coefficient (Wildman–Crippen LogP) is 3.47. The molecule has 7 nitrogen and oxygen atoms in total. The van der Waals surface area contributed by atoms with E-state index in [-0.39, 0.29) is 5.91 Å². The fraction of sp³-hybridized carbons (Fsp3) is 0.238. The number of amides is 1. The molecule has 0 radical (unpaired) electrons. The highest BCUT2D eigenvalue weighted by Gasteiger charge is 2.16. The van der Waals surface area contributed by atoms with Crippen molar-refractivity contribution in [2.24, 2.45) is 0 Å². The van der Waals surface area contributed by atoms with E-state index in [1.807, 2.05) is 54.8 Å². The summed E-state index contributed by atoms with van der Waals surface area (Å²) in [5.41, 5.74) is 5.03. The van der Waals surface area contributed by atoms with E-state index in [9.17, 15) is 4.79 Å². The summed E-state index contributed by atoms with van der Waals surface area (Å²) in [5, 5.41) is 8.40. The lowest BCUT2D eigenvalue weighted by atomic mass is 10.1. The lowest BCUT2D eigenvalue weighted by Crippen LogP contribution is -2.14. The van der Waals surface area contributed by atoms with Crippen LogP contribution in [0.25, 0.3) is 16.7 Å². The molecule has 0 aliphatic heterocycles. The van der Waals surface area contributed by atoms with Crippen LogP contribution in [-0.2, 0) is 11.2 Å². The maximum atomic E-state index is 12.5. The molecule has 142 valence electrons. The van der Waals surface area contributed by atoms with Crippen molar-refractivity contribution < 1.29 is 9.53 Å². The number of carbonyl (C=O) groups is 1. The molecular formula is C21H21N5O2. The lowest BCUT2D eigenvalue weighted by Gasteiger charge is -2.12. The van der Waals surface area contributed by atoms with Crippen LogP contribution in [-0.4, -0.2) is 32.6 Å². The number of carbonyl (C=O) groups excluding carboxylic acids is 1. The van der Waals surface area contributed by atoms with E-state index < -0.39 is 0 Å². The lowest BCUT2D eigenvalue weighted by molar-refractivity contribution is -0.116. The molecule has 1 aromatic carbocycles. The summed E-state index contributed by atoms with van der Waals surface area (Å²) in [7, 11) is 1.58. The van der Waals surface area contributed by atoms with Crippen LogP contribution in [0.1, 0.15) is 23.4 Å². The van der Waals surface area contributed by atoms with Crippen LogP contribution in [0.3, 0.4) is 0 Å². The van der Waals surface area contributed by atoms with Gasteiger partial charge in [-0.2, -0.15) is 0 Å². The van der Waals surface area contributed by atoms with Gasteiger partial charge in [-0.3, -0.25) is 4.79 Å². The van der Waals surface area contributed by atoms with Gasteiger partial charge in [-0.25, -0.2) is 14.5 Å². The molecule has 7 heteroatoms. The molecule has 0 aliphatic rings. The van der Waals surface area contributed by atoms with E-state index in [0.717, 1.165) is 28.0 Å². The van der Waals surface area contributed by atoms with Crippen molar-refractivity contribution in [1.82, 2.24) is 19.6 Å². The van der Waals surface area contributed by atoms with Crippen LogP contribution < -0.4 is 10.1 Å². The standard InChI is InChI=1S/C21H21N5O2/c1-13-15(10-11-19(27)24-17-8-4-5-9-18(17)28-3)14(2)26-21(23-13)16-7-6-12-22-20(16)25-26/h4-9,12H,10-11H2,1-3H3,(H,24,27). The number of anilines is 1. The molecule has 3 heterocycles. The number of aromatic nitrogens is 4. The smallest absolute Gasteiger partial charge is 0.224 e. The maximum Gasteiger partial charge on any atom is 0.224 e. The Balaban J connectivity index is 1.58. The summed E-state index contributed by atoms with van der Waals surface area (Å²) in [6, 6.07) is 11.2. The summed E-state index contributed by atoms with van der Waals surface area (Å²) < 4.78 is 7.10. The summed E-state index contributed by atoms with van der Waals surface area (Å²) in [5.74, 6) is 0.567. The highest BCUT2D eigenvalue weighted by molar-refractivity contribution is 5.92. The molecule has 0 saturated heterocycles. The maximum absolute atomic E-state index is 12.5. The molecule has 0 spiro atoms. The first-order valence-electron chi connectivity index (χ1n) is 9.11. The number of rotatable bonds is 5. The molecule has 4 rings (SSSR count). The molecule has 0 saturated carbocycles. The second kappa shape index (κ2) is 7.26. The SMILES string of the molecule is COc1ccccc1NC(=O)CCc1c(C)nc2c3cccnc3nn2c1C. The number of methoxy groups -OCH3 is 1. The molecule has 0 bridgehead atoms. The quantitative estimate of drug-likeness (QED) is 0.578. The van der Waals surface area contributed by atoms with E-state index in [1.54, 1.807) is 13.3 Å². The molecule has 4 aromatic rings. The third kappa shape index (κ3) is 3.15. The molecule has 28 heavy (non-hydrogen) atoms. The average molecular weight is 375 g/mol. The second-order valence-electron chi connectivity index (χ2n) is 6.62. The third-order valence-electron chi connectivity index (χ3n) is 4.87. The van der Waals surface area contributed by atoms with Crippen LogP contribution >= 0.6 is 0 Å². The minimum Gasteiger partial charge on any atom is -0.495 e. The molecule has 0 aliphatic carbocycles. The van der Waals surface area contributed by atoms with Gasteiger partial charge in [0, 0.05) is 24.0 Å². The fourth-order valence-corrected chi connectivity index (χ4v) is 3.43. The zero-order chi connectivity index (χ0) is 19.7. The molecule has 0 fully saturated rings. The zero-order valence-electron chi connectivity index (χ0n) is 16.1. The summed E-state index contributed by atoms with van der Waals surface area (Å²) in [6.45, 7) is 3.97. The minimum absolute atomic E-state index is 0.0734. The molecule has 0 unspecified atom stereocenters. The van der Waals surface area contributed by atoms with Crippen LogP contribution in [0, 0.1) is 13.8 Å². The van der Waals surface area contributed by atoms with Crippen molar-refractivity contribution in [1.29, 1.82) is 0 Å². The van der Waals surface area contributed by atoms with Gasteiger partial charge in [-0.15, -0.1) is 5.10 Å². The number of para-hydroxylation sites is 2. The van der Waals surface area contributed by atoms with E-state index in [4.69, 9.17) is 9.72 Å². The van der Waals surface area contributed by atoms with Crippen molar-refractivity contribution >= 4 is 28.3 Å². The van der Waals surface area contributed by atoms with Gasteiger partial charge in [0.05, 0.1) is 18.2 Å². The number of pyridine rings is 1. The van der Waals surface area contributed by atoms with Crippen LogP contribution in [0.2, 0.25) is 0 Å². The Morgan fingerprint density at radius 2 is 2.00 bits per heavy atom. The average Bonchev–Trinajstić information content (AvgIpc) is 3.07. The van der Waals surface area contributed by atoms with Crippen molar-refractivity contribution in [3.63, 3.8) is 0 Å². The van der Waals surface area contributed by atoms with Crippen molar-refractivity contribution in [2.75, 3.05) is 12.4 Å². The Morgan fingerprint density at radius 1 is 1.18 bits per heavy atom. The van der Waals surface area contributed by atoms with E-state index in [1.165, 1.54) is 0 Å². The van der Waals surface area contributed by atoms with Crippen LogP contribution in [0.5, 0.6) is 5.75 Å². The summed E-state index contributed by atoms with van der Waals surface area (Å²) in [4.78, 5) is 21.5. The number of nitrogens with zero attached hydrogens (tertiary/aromatic N) is 4. The number of hydrogen-bond acceptors (Lipinski definition) is 5. The van der Waals surface area contributed by atoms with E-state index in [2.05, 4.69) is 15.4 Å². The van der Waals surface area contributed by atoms with Crippen LogP contribution in [0.4, 0.5) is 5.69 Å². The second-order valence-corrected chi connectivity index (χ2v) is 6.62. The Labute approximate surface area is 162 Å². The predicted molar refractivity (Wildman–Crippen MR) is 108 cm³/mol. The molecular weight excluding hydrogens is 354 g/mol. The van der Waals surface area contributed by atoms with E-state index >= 15 is 0 Å². The number of nitrogens with one attached hydrogen (secondary N) is 1. The Morgan fingerprint density at radius 3 is 2.82 bits per heavy atom. The van der Waals surface area contributed by atoms with Gasteiger partial charge in [0.25, 0.3) is 0 Å². The van der Waals surface area contributed by atoms with Gasteiger partial charge in [0.1, 0.15) is 5.75 Å². The van der Waals surface area contributed by atoms with E-state index in [0.29, 0.717) is 29.9 Å².